The molecule has 0 aromatic carbocycles. The Morgan fingerprint density at radius 3 is 2.83 bits per heavy atom. The van der Waals surface area contributed by atoms with Gasteiger partial charge in [-0.15, -0.1) is 0 Å². The number of nitrogens with one attached hydrogen (secondary N) is 1. The van der Waals surface area contributed by atoms with E-state index >= 15 is 0 Å². The van der Waals surface area contributed by atoms with E-state index in [2.05, 4.69) is 5.32 Å². The molecule has 2 atom stereocenters. The Morgan fingerprint density at radius 2 is 2.42 bits per heavy atom. The van der Waals surface area contributed by atoms with Gasteiger partial charge in [0.05, 0.1) is 6.04 Å². The van der Waals surface area contributed by atoms with E-state index in [9.17, 15) is 9.59 Å². The molecule has 1 saturated heterocycles. The second-order valence-corrected chi connectivity index (χ2v) is 3.02. The third-order valence-corrected chi connectivity index (χ3v) is 2.07. The van der Waals surface area contributed by atoms with E-state index in [0.29, 0.717) is 13.0 Å². The van der Waals surface area contributed by atoms with Crippen molar-refractivity contribution in [1.82, 2.24) is 5.32 Å². The molecular weight excluding hydrogens is 158 g/mol. The van der Waals surface area contributed by atoms with Gasteiger partial charge in [-0.2, -0.15) is 0 Å². The SMILES string of the molecule is NC(=O)C(N)CC1CCNC1=O. The predicted molar refractivity (Wildman–Crippen MR) is 42.9 cm³/mol. The summed E-state index contributed by atoms with van der Waals surface area (Å²) in [4.78, 5) is 21.6. The Kier molecular flexibility index (Phi) is 2.65. The monoisotopic (exact) mass is 171 g/mol. The molecule has 1 fully saturated rings. The zero-order chi connectivity index (χ0) is 9.14. The second-order valence-electron chi connectivity index (χ2n) is 3.02. The van der Waals surface area contributed by atoms with E-state index in [1.807, 2.05) is 0 Å². The maximum atomic E-state index is 11.0. The first-order chi connectivity index (χ1) is 5.61. The van der Waals surface area contributed by atoms with Crippen molar-refractivity contribution < 1.29 is 9.59 Å². The van der Waals surface area contributed by atoms with Crippen LogP contribution in [0.1, 0.15) is 12.8 Å². The Morgan fingerprint density at radius 1 is 1.75 bits per heavy atom. The Bertz CT molecular complexity index is 205. The third kappa shape index (κ3) is 1.94. The van der Waals surface area contributed by atoms with E-state index in [4.69, 9.17) is 11.5 Å². The first-order valence-corrected chi connectivity index (χ1v) is 3.94. The molecule has 68 valence electrons. The van der Waals surface area contributed by atoms with E-state index in [1.54, 1.807) is 0 Å². The molecule has 5 nitrogen and oxygen atoms in total. The minimum absolute atomic E-state index is 0.0216. The molecule has 5 N–H and O–H groups in total. The molecule has 1 aliphatic heterocycles. The van der Waals surface area contributed by atoms with Crippen LogP contribution in [0.3, 0.4) is 0 Å². The molecule has 0 spiro atoms. The smallest absolute Gasteiger partial charge is 0.234 e. The van der Waals surface area contributed by atoms with Crippen molar-refractivity contribution in [2.45, 2.75) is 18.9 Å². The topological polar surface area (TPSA) is 98.2 Å². The molecular formula is C7H13N3O2. The fraction of sp³-hybridized carbons (Fsp3) is 0.714. The van der Waals surface area contributed by atoms with Gasteiger partial charge in [-0.05, 0) is 12.8 Å². The maximum absolute atomic E-state index is 11.0. The molecule has 0 radical (unpaired) electrons. The van der Waals surface area contributed by atoms with Crippen molar-refractivity contribution in [2.75, 3.05) is 6.54 Å². The van der Waals surface area contributed by atoms with Gasteiger partial charge in [-0.25, -0.2) is 0 Å². The fourth-order valence-electron chi connectivity index (χ4n) is 1.29. The minimum Gasteiger partial charge on any atom is -0.368 e. The molecule has 2 amide bonds. The summed E-state index contributed by atoms with van der Waals surface area (Å²) in [6.45, 7) is 0.676. The van der Waals surface area contributed by atoms with E-state index in [-0.39, 0.29) is 11.8 Å². The largest absolute Gasteiger partial charge is 0.368 e. The van der Waals surface area contributed by atoms with Gasteiger partial charge < -0.3 is 16.8 Å². The molecule has 1 aliphatic rings. The number of rotatable bonds is 3. The highest BCUT2D eigenvalue weighted by molar-refractivity contribution is 5.83. The first-order valence-electron chi connectivity index (χ1n) is 3.94. The van der Waals surface area contributed by atoms with Crippen molar-refractivity contribution in [1.29, 1.82) is 0 Å². The second kappa shape index (κ2) is 3.53. The maximum Gasteiger partial charge on any atom is 0.234 e. The Labute approximate surface area is 70.5 Å². The molecule has 0 bridgehead atoms. The van der Waals surface area contributed by atoms with Crippen molar-refractivity contribution in [2.24, 2.45) is 17.4 Å². The first kappa shape index (κ1) is 8.99. The van der Waals surface area contributed by atoms with Crippen LogP contribution in [0.4, 0.5) is 0 Å². The van der Waals surface area contributed by atoms with Crippen LogP contribution in [0.5, 0.6) is 0 Å². The lowest BCUT2D eigenvalue weighted by molar-refractivity contribution is -0.123. The lowest BCUT2D eigenvalue weighted by Gasteiger charge is -2.10. The number of hydrogen-bond donors (Lipinski definition) is 3. The van der Waals surface area contributed by atoms with Gasteiger partial charge in [0.1, 0.15) is 0 Å². The Balaban J connectivity index is 2.40. The lowest BCUT2D eigenvalue weighted by Crippen LogP contribution is -2.39. The van der Waals surface area contributed by atoms with Gasteiger partial charge in [0.25, 0.3) is 0 Å². The zero-order valence-corrected chi connectivity index (χ0v) is 6.75. The number of hydrogen-bond acceptors (Lipinski definition) is 3. The summed E-state index contributed by atoms with van der Waals surface area (Å²) in [5.74, 6) is -0.700. The number of nitrogens with two attached hydrogens (primary N) is 2. The average Bonchev–Trinajstić information content (AvgIpc) is 2.36. The normalized spacial score (nSPS) is 25.1. The van der Waals surface area contributed by atoms with Gasteiger partial charge >= 0.3 is 0 Å². The average molecular weight is 171 g/mol. The van der Waals surface area contributed by atoms with Crippen LogP contribution < -0.4 is 16.8 Å². The predicted octanol–water partition coefficient (Wildman–Crippen LogP) is -1.67. The van der Waals surface area contributed by atoms with Crippen molar-refractivity contribution in [3.8, 4) is 0 Å². The lowest BCUT2D eigenvalue weighted by atomic mass is 9.99. The minimum atomic E-state index is -0.696. The van der Waals surface area contributed by atoms with Crippen molar-refractivity contribution in [3.05, 3.63) is 0 Å². The summed E-state index contributed by atoms with van der Waals surface area (Å²) in [6.07, 6.45) is 1.11. The molecule has 0 aliphatic carbocycles. The summed E-state index contributed by atoms with van der Waals surface area (Å²) in [7, 11) is 0. The summed E-state index contributed by atoms with van der Waals surface area (Å²) < 4.78 is 0. The van der Waals surface area contributed by atoms with E-state index in [0.717, 1.165) is 6.42 Å². The molecule has 1 heterocycles. The van der Waals surface area contributed by atoms with Gasteiger partial charge in [-0.1, -0.05) is 0 Å². The van der Waals surface area contributed by atoms with Crippen LogP contribution >= 0.6 is 0 Å². The van der Waals surface area contributed by atoms with Crippen LogP contribution in [-0.4, -0.2) is 24.4 Å². The summed E-state index contributed by atoms with van der Waals surface area (Å²) in [6, 6.07) is -0.696. The summed E-state index contributed by atoms with van der Waals surface area (Å²) >= 11 is 0. The Hall–Kier alpha value is -1.10. The van der Waals surface area contributed by atoms with Crippen LogP contribution in [0, 0.1) is 5.92 Å². The zero-order valence-electron chi connectivity index (χ0n) is 6.75. The van der Waals surface area contributed by atoms with Gasteiger partial charge in [-0.3, -0.25) is 9.59 Å². The quantitative estimate of drug-likeness (QED) is 0.473. The highest BCUT2D eigenvalue weighted by Gasteiger charge is 2.27. The highest BCUT2D eigenvalue weighted by Crippen LogP contribution is 2.14. The van der Waals surface area contributed by atoms with Gasteiger partial charge in [0.2, 0.25) is 11.8 Å². The van der Waals surface area contributed by atoms with Crippen LogP contribution in [0.25, 0.3) is 0 Å². The molecule has 12 heavy (non-hydrogen) atoms. The van der Waals surface area contributed by atoms with Crippen LogP contribution in [0.2, 0.25) is 0 Å². The highest BCUT2D eigenvalue weighted by atomic mass is 16.2. The third-order valence-electron chi connectivity index (χ3n) is 2.07. The molecule has 1 rings (SSSR count). The molecule has 0 aromatic heterocycles. The molecule has 0 aromatic rings. The summed E-state index contributed by atoms with van der Waals surface area (Å²) in [5, 5.41) is 2.67. The van der Waals surface area contributed by atoms with Crippen molar-refractivity contribution in [3.63, 3.8) is 0 Å². The molecule has 5 heteroatoms. The molecule has 0 saturated carbocycles. The standard InChI is InChI=1S/C7H13N3O2/c8-5(6(9)11)3-4-1-2-10-7(4)12/h4-5H,1-3,8H2,(H2,9,11)(H,10,12). The summed E-state index contributed by atoms with van der Waals surface area (Å²) in [5.41, 5.74) is 10.4. The van der Waals surface area contributed by atoms with E-state index in [1.165, 1.54) is 0 Å². The van der Waals surface area contributed by atoms with Gasteiger partial charge in [0, 0.05) is 12.5 Å². The van der Waals surface area contributed by atoms with Crippen LogP contribution in [0.15, 0.2) is 0 Å². The fourth-order valence-corrected chi connectivity index (χ4v) is 1.29. The number of carbonyl (C=O) groups excluding carboxylic acids is 2. The molecule has 2 unspecified atom stereocenters. The van der Waals surface area contributed by atoms with E-state index < -0.39 is 11.9 Å². The van der Waals surface area contributed by atoms with Crippen LogP contribution in [-0.2, 0) is 9.59 Å². The van der Waals surface area contributed by atoms with Gasteiger partial charge in [0.15, 0.2) is 0 Å². The van der Waals surface area contributed by atoms with Crippen molar-refractivity contribution >= 4 is 11.8 Å². The number of amides is 2. The number of carbonyl (C=O) groups is 2. The number of primary amides is 1.